The Morgan fingerprint density at radius 3 is 2.53 bits per heavy atom. The molecule has 0 fully saturated rings. The molecule has 0 unspecified atom stereocenters. The highest BCUT2D eigenvalue weighted by Crippen LogP contribution is 1.99. The second kappa shape index (κ2) is 7.01. The lowest BCUT2D eigenvalue weighted by atomic mass is 10.2. The summed E-state index contributed by atoms with van der Waals surface area (Å²) in [5.41, 5.74) is 1.66. The summed E-state index contributed by atoms with van der Waals surface area (Å²) in [6.45, 7) is 0.536. The van der Waals surface area contributed by atoms with Gasteiger partial charge in [0, 0.05) is 18.9 Å². The maximum atomic E-state index is 11.7. The van der Waals surface area contributed by atoms with Crippen molar-refractivity contribution in [2.24, 2.45) is 0 Å². The van der Waals surface area contributed by atoms with Crippen LogP contribution >= 0.6 is 24.0 Å². The third kappa shape index (κ3) is 4.14. The van der Waals surface area contributed by atoms with Crippen LogP contribution in [0.2, 0.25) is 0 Å². The monoisotopic (exact) mass is 340 g/mol. The van der Waals surface area contributed by atoms with E-state index in [-0.39, 0.29) is 29.9 Å². The van der Waals surface area contributed by atoms with E-state index in [1.54, 1.807) is 24.5 Å². The largest absolute Gasteiger partial charge is 0.348 e. The highest BCUT2D eigenvalue weighted by molar-refractivity contribution is 14.0. The van der Waals surface area contributed by atoms with Gasteiger partial charge in [-0.05, 0) is 17.7 Å². The van der Waals surface area contributed by atoms with Gasteiger partial charge >= 0.3 is 0 Å². The summed E-state index contributed by atoms with van der Waals surface area (Å²) < 4.78 is 0. The summed E-state index contributed by atoms with van der Waals surface area (Å²) in [5.74, 6) is -0.100. The molecule has 1 aromatic carbocycles. The summed E-state index contributed by atoms with van der Waals surface area (Å²) in [6, 6.07) is 13.3. The van der Waals surface area contributed by atoms with Crippen molar-refractivity contribution in [3.8, 4) is 0 Å². The molecule has 0 aliphatic heterocycles. The number of nitrogens with zero attached hydrogens (tertiary/aromatic N) is 1. The van der Waals surface area contributed by atoms with Gasteiger partial charge in [-0.1, -0.05) is 30.3 Å². The van der Waals surface area contributed by atoms with E-state index in [1.807, 2.05) is 30.3 Å². The molecule has 0 radical (unpaired) electrons. The zero-order valence-corrected chi connectivity index (χ0v) is 11.5. The molecule has 0 bridgehead atoms. The van der Waals surface area contributed by atoms with Gasteiger partial charge in [0.25, 0.3) is 5.91 Å². The minimum absolute atomic E-state index is 0. The maximum Gasteiger partial charge on any atom is 0.253 e. The number of rotatable bonds is 3. The van der Waals surface area contributed by atoms with E-state index in [2.05, 4.69) is 10.3 Å². The van der Waals surface area contributed by atoms with Crippen LogP contribution in [0, 0.1) is 0 Å². The number of amides is 1. The van der Waals surface area contributed by atoms with E-state index in [9.17, 15) is 4.79 Å². The third-order valence-corrected chi connectivity index (χ3v) is 2.22. The first-order valence-electron chi connectivity index (χ1n) is 5.08. The molecular formula is C13H13IN2O. The summed E-state index contributed by atoms with van der Waals surface area (Å²) in [6.07, 6.45) is 3.20. The lowest BCUT2D eigenvalue weighted by molar-refractivity contribution is 0.0950. The van der Waals surface area contributed by atoms with Crippen LogP contribution in [0.3, 0.4) is 0 Å². The Balaban J connectivity index is 0.00000144. The Hall–Kier alpha value is -1.43. The normalized spacial score (nSPS) is 9.18. The van der Waals surface area contributed by atoms with Crippen molar-refractivity contribution in [1.82, 2.24) is 10.3 Å². The quantitative estimate of drug-likeness (QED) is 0.873. The number of hydrogen-bond acceptors (Lipinski definition) is 2. The fraction of sp³-hybridized carbons (Fsp3) is 0.0769. The molecule has 3 nitrogen and oxygen atoms in total. The van der Waals surface area contributed by atoms with Crippen LogP contribution in [0.25, 0.3) is 0 Å². The van der Waals surface area contributed by atoms with Crippen molar-refractivity contribution in [1.29, 1.82) is 0 Å². The maximum absolute atomic E-state index is 11.7. The van der Waals surface area contributed by atoms with Crippen molar-refractivity contribution < 1.29 is 4.79 Å². The fourth-order valence-electron chi connectivity index (χ4n) is 1.38. The van der Waals surface area contributed by atoms with Crippen molar-refractivity contribution in [2.45, 2.75) is 6.54 Å². The van der Waals surface area contributed by atoms with Crippen LogP contribution in [0.1, 0.15) is 15.9 Å². The van der Waals surface area contributed by atoms with Crippen molar-refractivity contribution in [2.75, 3.05) is 0 Å². The second-order valence-electron chi connectivity index (χ2n) is 3.41. The minimum Gasteiger partial charge on any atom is -0.348 e. The topological polar surface area (TPSA) is 42.0 Å². The molecule has 88 valence electrons. The number of aromatic nitrogens is 1. The smallest absolute Gasteiger partial charge is 0.253 e. The lowest BCUT2D eigenvalue weighted by Crippen LogP contribution is -2.22. The van der Waals surface area contributed by atoms with Gasteiger partial charge in [0.2, 0.25) is 0 Å². The lowest BCUT2D eigenvalue weighted by Gasteiger charge is -2.04. The summed E-state index contributed by atoms with van der Waals surface area (Å²) >= 11 is 0. The van der Waals surface area contributed by atoms with Gasteiger partial charge in [0.1, 0.15) is 0 Å². The Kier molecular flexibility index (Phi) is 5.62. The predicted octanol–water partition coefficient (Wildman–Crippen LogP) is 2.63. The van der Waals surface area contributed by atoms with Crippen LogP contribution < -0.4 is 5.32 Å². The summed E-state index contributed by atoms with van der Waals surface area (Å²) in [5, 5.41) is 2.84. The molecule has 0 spiro atoms. The van der Waals surface area contributed by atoms with Crippen LogP contribution in [-0.4, -0.2) is 10.9 Å². The first kappa shape index (κ1) is 13.6. The molecule has 0 aliphatic rings. The molecule has 2 rings (SSSR count). The number of halogens is 1. The van der Waals surface area contributed by atoms with Crippen LogP contribution in [0.15, 0.2) is 54.9 Å². The van der Waals surface area contributed by atoms with Gasteiger partial charge in [-0.15, -0.1) is 24.0 Å². The van der Waals surface area contributed by atoms with Crippen LogP contribution in [-0.2, 0) is 6.54 Å². The molecule has 17 heavy (non-hydrogen) atoms. The molecule has 0 saturated carbocycles. The minimum atomic E-state index is -0.100. The highest BCUT2D eigenvalue weighted by Gasteiger charge is 2.03. The number of hydrogen-bond donors (Lipinski definition) is 1. The van der Waals surface area contributed by atoms with Crippen LogP contribution in [0.5, 0.6) is 0 Å². The predicted molar refractivity (Wildman–Crippen MR) is 77.3 cm³/mol. The first-order chi connectivity index (χ1) is 7.86. The van der Waals surface area contributed by atoms with Gasteiger partial charge in [-0.3, -0.25) is 9.78 Å². The van der Waals surface area contributed by atoms with Gasteiger partial charge < -0.3 is 5.32 Å². The third-order valence-electron chi connectivity index (χ3n) is 2.22. The average molecular weight is 340 g/mol. The first-order valence-corrected chi connectivity index (χ1v) is 5.08. The van der Waals surface area contributed by atoms with Gasteiger partial charge in [-0.2, -0.15) is 0 Å². The second-order valence-corrected chi connectivity index (χ2v) is 3.41. The highest BCUT2D eigenvalue weighted by atomic mass is 127. The van der Waals surface area contributed by atoms with E-state index in [1.165, 1.54) is 0 Å². The zero-order valence-electron chi connectivity index (χ0n) is 9.17. The molecule has 2 aromatic rings. The number of carbonyl (C=O) groups is 1. The molecule has 1 heterocycles. The molecular weight excluding hydrogens is 327 g/mol. The Morgan fingerprint density at radius 1 is 1.12 bits per heavy atom. The SMILES string of the molecule is I.O=C(NCc1ccccc1)c1cccnc1. The zero-order chi connectivity index (χ0) is 11.2. The van der Waals surface area contributed by atoms with E-state index >= 15 is 0 Å². The van der Waals surface area contributed by atoms with Gasteiger partial charge in [-0.25, -0.2) is 0 Å². The standard InChI is InChI=1S/C13H12N2O.HI/c16-13(12-7-4-8-14-10-12)15-9-11-5-2-1-3-6-11;/h1-8,10H,9H2,(H,15,16);1H. The Labute approximate surface area is 117 Å². The molecule has 0 aliphatic carbocycles. The number of carbonyl (C=O) groups excluding carboxylic acids is 1. The van der Waals surface area contributed by atoms with Crippen molar-refractivity contribution >= 4 is 29.9 Å². The number of pyridine rings is 1. The van der Waals surface area contributed by atoms with Gasteiger partial charge in [0.05, 0.1) is 5.56 Å². The summed E-state index contributed by atoms with van der Waals surface area (Å²) in [4.78, 5) is 15.6. The molecule has 0 atom stereocenters. The number of nitrogens with one attached hydrogen (secondary N) is 1. The Morgan fingerprint density at radius 2 is 1.88 bits per heavy atom. The summed E-state index contributed by atoms with van der Waals surface area (Å²) in [7, 11) is 0. The molecule has 4 heteroatoms. The van der Waals surface area contributed by atoms with E-state index < -0.39 is 0 Å². The van der Waals surface area contributed by atoms with E-state index in [4.69, 9.17) is 0 Å². The van der Waals surface area contributed by atoms with Gasteiger partial charge in [0.15, 0.2) is 0 Å². The molecule has 0 saturated heterocycles. The van der Waals surface area contributed by atoms with Crippen LogP contribution in [0.4, 0.5) is 0 Å². The Bertz CT molecular complexity index is 459. The van der Waals surface area contributed by atoms with E-state index in [0.717, 1.165) is 5.56 Å². The molecule has 1 aromatic heterocycles. The van der Waals surface area contributed by atoms with E-state index in [0.29, 0.717) is 12.1 Å². The average Bonchev–Trinajstić information content (AvgIpc) is 2.38. The molecule has 1 amide bonds. The van der Waals surface area contributed by atoms with Crippen molar-refractivity contribution in [3.05, 3.63) is 66.0 Å². The fourth-order valence-corrected chi connectivity index (χ4v) is 1.38. The van der Waals surface area contributed by atoms with Crippen molar-refractivity contribution in [3.63, 3.8) is 0 Å². The number of benzene rings is 1. The molecule has 1 N–H and O–H groups in total.